The van der Waals surface area contributed by atoms with Crippen LogP contribution in [0, 0.1) is 23.7 Å². The molecule has 1 fully saturated rings. The molecule has 2 bridgehead atoms. The first-order valence-electron chi connectivity index (χ1n) is 8.03. The summed E-state index contributed by atoms with van der Waals surface area (Å²) in [6.07, 6.45) is 12.8. The van der Waals surface area contributed by atoms with E-state index in [0.29, 0.717) is 6.54 Å². The number of carbonyl (C=O) groups excluding carboxylic acids is 1. The molecule has 0 aromatic heterocycles. The fourth-order valence-corrected chi connectivity index (χ4v) is 4.11. The summed E-state index contributed by atoms with van der Waals surface area (Å²) in [5, 5.41) is 12.3. The van der Waals surface area contributed by atoms with Crippen LogP contribution in [0.2, 0.25) is 0 Å². The maximum Gasteiger partial charge on any atom is 0.307 e. The summed E-state index contributed by atoms with van der Waals surface area (Å²) in [6.45, 7) is 0.634. The van der Waals surface area contributed by atoms with Crippen LogP contribution in [0.15, 0.2) is 23.8 Å². The van der Waals surface area contributed by atoms with Crippen molar-refractivity contribution in [3.8, 4) is 0 Å². The highest BCUT2D eigenvalue weighted by molar-refractivity contribution is 5.86. The third-order valence-electron chi connectivity index (χ3n) is 5.18. The zero-order valence-electron chi connectivity index (χ0n) is 12.3. The average Bonchev–Trinajstić information content (AvgIpc) is 3.08. The van der Waals surface area contributed by atoms with E-state index in [9.17, 15) is 14.7 Å². The van der Waals surface area contributed by atoms with E-state index in [1.165, 1.54) is 18.4 Å². The molecule has 3 rings (SSSR count). The van der Waals surface area contributed by atoms with Crippen LogP contribution in [0.1, 0.15) is 38.5 Å². The second-order valence-electron chi connectivity index (χ2n) is 6.49. The number of carboxylic acid groups (broad SMARTS) is 1. The Morgan fingerprint density at radius 1 is 1.19 bits per heavy atom. The normalized spacial score (nSPS) is 33.8. The summed E-state index contributed by atoms with van der Waals surface area (Å²) in [6, 6.07) is 0. The first-order chi connectivity index (χ1) is 10.2. The van der Waals surface area contributed by atoms with Crippen molar-refractivity contribution in [2.45, 2.75) is 38.5 Å². The fourth-order valence-electron chi connectivity index (χ4n) is 4.11. The van der Waals surface area contributed by atoms with Crippen molar-refractivity contribution in [3.05, 3.63) is 23.8 Å². The van der Waals surface area contributed by atoms with Crippen molar-refractivity contribution >= 4 is 11.9 Å². The molecular formula is C17H23NO3. The number of rotatable bonds is 5. The van der Waals surface area contributed by atoms with Gasteiger partial charge in [0.15, 0.2) is 0 Å². The second kappa shape index (κ2) is 6.04. The van der Waals surface area contributed by atoms with E-state index in [-0.39, 0.29) is 23.7 Å². The molecule has 3 aliphatic rings. The predicted octanol–water partition coefficient (Wildman–Crippen LogP) is 2.52. The maximum absolute atomic E-state index is 12.4. The van der Waals surface area contributed by atoms with Gasteiger partial charge in [-0.15, -0.1) is 0 Å². The maximum atomic E-state index is 12.4. The Bertz CT molecular complexity index is 494. The van der Waals surface area contributed by atoms with Gasteiger partial charge in [0.05, 0.1) is 11.8 Å². The van der Waals surface area contributed by atoms with Crippen LogP contribution in [0.5, 0.6) is 0 Å². The van der Waals surface area contributed by atoms with Crippen LogP contribution in [-0.4, -0.2) is 23.5 Å². The average molecular weight is 289 g/mol. The molecule has 2 unspecified atom stereocenters. The molecule has 4 atom stereocenters. The molecule has 1 saturated carbocycles. The number of allylic oxidation sites excluding steroid dienone is 3. The van der Waals surface area contributed by atoms with Gasteiger partial charge in [-0.2, -0.15) is 0 Å². The topological polar surface area (TPSA) is 66.4 Å². The van der Waals surface area contributed by atoms with Gasteiger partial charge < -0.3 is 10.4 Å². The van der Waals surface area contributed by atoms with E-state index in [0.717, 1.165) is 25.7 Å². The smallest absolute Gasteiger partial charge is 0.307 e. The minimum absolute atomic E-state index is 0.0457. The molecule has 114 valence electrons. The van der Waals surface area contributed by atoms with Gasteiger partial charge in [-0.25, -0.2) is 0 Å². The van der Waals surface area contributed by atoms with E-state index < -0.39 is 11.9 Å². The Labute approximate surface area is 125 Å². The van der Waals surface area contributed by atoms with Gasteiger partial charge in [0.25, 0.3) is 0 Å². The zero-order chi connectivity index (χ0) is 14.8. The van der Waals surface area contributed by atoms with Crippen LogP contribution in [0.3, 0.4) is 0 Å². The second-order valence-corrected chi connectivity index (χ2v) is 6.49. The van der Waals surface area contributed by atoms with Crippen molar-refractivity contribution in [1.82, 2.24) is 5.32 Å². The molecule has 0 heterocycles. The largest absolute Gasteiger partial charge is 0.481 e. The molecule has 4 heteroatoms. The number of amides is 1. The fraction of sp³-hybridized carbons (Fsp3) is 0.647. The summed E-state index contributed by atoms with van der Waals surface area (Å²) in [5.41, 5.74) is 1.43. The first-order valence-corrected chi connectivity index (χ1v) is 8.03. The summed E-state index contributed by atoms with van der Waals surface area (Å²) in [4.78, 5) is 23.8. The monoisotopic (exact) mass is 289 g/mol. The molecule has 0 spiro atoms. The number of fused-ring (bicyclic) bond motifs is 2. The lowest BCUT2D eigenvalue weighted by molar-refractivity contribution is -0.147. The van der Waals surface area contributed by atoms with Gasteiger partial charge in [-0.05, 0) is 50.4 Å². The van der Waals surface area contributed by atoms with E-state index in [4.69, 9.17) is 0 Å². The highest BCUT2D eigenvalue weighted by Crippen LogP contribution is 2.48. The Morgan fingerprint density at radius 3 is 2.62 bits per heavy atom. The van der Waals surface area contributed by atoms with Crippen LogP contribution in [0.25, 0.3) is 0 Å². The highest BCUT2D eigenvalue weighted by Gasteiger charge is 2.51. The van der Waals surface area contributed by atoms with Gasteiger partial charge in [0, 0.05) is 6.54 Å². The van der Waals surface area contributed by atoms with E-state index in [2.05, 4.69) is 11.4 Å². The third-order valence-corrected chi connectivity index (χ3v) is 5.18. The number of nitrogens with one attached hydrogen (secondary N) is 1. The van der Waals surface area contributed by atoms with Gasteiger partial charge in [-0.3, -0.25) is 9.59 Å². The van der Waals surface area contributed by atoms with Crippen LogP contribution in [0.4, 0.5) is 0 Å². The van der Waals surface area contributed by atoms with Crippen molar-refractivity contribution in [1.29, 1.82) is 0 Å². The molecule has 3 aliphatic carbocycles. The lowest BCUT2D eigenvalue weighted by atomic mass is 9.82. The zero-order valence-corrected chi connectivity index (χ0v) is 12.3. The van der Waals surface area contributed by atoms with E-state index in [1.54, 1.807) is 0 Å². The van der Waals surface area contributed by atoms with Crippen LogP contribution < -0.4 is 5.32 Å². The molecule has 1 amide bonds. The Morgan fingerprint density at radius 2 is 1.95 bits per heavy atom. The molecule has 0 aliphatic heterocycles. The molecule has 21 heavy (non-hydrogen) atoms. The lowest BCUT2D eigenvalue weighted by Gasteiger charge is -2.24. The molecule has 0 aromatic carbocycles. The van der Waals surface area contributed by atoms with Gasteiger partial charge in [-0.1, -0.05) is 23.8 Å². The number of aliphatic carboxylic acids is 1. The van der Waals surface area contributed by atoms with Crippen molar-refractivity contribution < 1.29 is 14.7 Å². The molecule has 2 N–H and O–H groups in total. The van der Waals surface area contributed by atoms with Crippen LogP contribution >= 0.6 is 0 Å². The van der Waals surface area contributed by atoms with Crippen LogP contribution in [-0.2, 0) is 9.59 Å². The van der Waals surface area contributed by atoms with E-state index >= 15 is 0 Å². The molecule has 0 saturated heterocycles. The Kier molecular flexibility index (Phi) is 4.13. The van der Waals surface area contributed by atoms with Gasteiger partial charge in [0.2, 0.25) is 5.91 Å². The van der Waals surface area contributed by atoms with Gasteiger partial charge in [0.1, 0.15) is 0 Å². The van der Waals surface area contributed by atoms with Gasteiger partial charge >= 0.3 is 5.97 Å². The Balaban J connectivity index is 1.54. The van der Waals surface area contributed by atoms with Crippen molar-refractivity contribution in [2.75, 3.05) is 6.54 Å². The summed E-state index contributed by atoms with van der Waals surface area (Å²) >= 11 is 0. The molecule has 0 radical (unpaired) electrons. The Hall–Kier alpha value is -1.58. The number of carbonyl (C=O) groups is 2. The molecule has 0 aromatic rings. The quantitative estimate of drug-likeness (QED) is 0.764. The molecule has 4 nitrogen and oxygen atoms in total. The number of carboxylic acids is 1. The number of hydrogen-bond donors (Lipinski definition) is 2. The SMILES string of the molecule is O=C(O)[C@@H]1C2C=CC(C2)[C@@H]1C(=O)NCCC1=CCCCC1. The van der Waals surface area contributed by atoms with E-state index in [1.807, 2.05) is 12.2 Å². The first kappa shape index (κ1) is 14.4. The minimum atomic E-state index is -0.831. The standard InChI is InChI=1S/C17H23NO3/c19-16(18-9-8-11-4-2-1-3-5-11)14-12-6-7-13(10-12)15(14)17(20)21/h4,6-7,12-15H,1-3,5,8-10H2,(H,18,19)(H,20,21)/t12?,13?,14-,15+/m0/s1. The highest BCUT2D eigenvalue weighted by atomic mass is 16.4. The molecular weight excluding hydrogens is 266 g/mol. The third kappa shape index (κ3) is 2.89. The minimum Gasteiger partial charge on any atom is -0.481 e. The number of hydrogen-bond acceptors (Lipinski definition) is 2. The summed E-state index contributed by atoms with van der Waals surface area (Å²) in [7, 11) is 0. The summed E-state index contributed by atoms with van der Waals surface area (Å²) < 4.78 is 0. The predicted molar refractivity (Wildman–Crippen MR) is 79.5 cm³/mol. The summed E-state index contributed by atoms with van der Waals surface area (Å²) in [5.74, 6) is -1.65. The van der Waals surface area contributed by atoms with Crippen molar-refractivity contribution in [2.24, 2.45) is 23.7 Å². The van der Waals surface area contributed by atoms with Crippen molar-refractivity contribution in [3.63, 3.8) is 0 Å². The lowest BCUT2D eigenvalue weighted by Crippen LogP contribution is -2.40.